The molecule has 0 saturated heterocycles. The van der Waals surface area contributed by atoms with Crippen molar-refractivity contribution >= 4 is 38.6 Å². The molecule has 1 saturated carbocycles. The SMILES string of the molecule is c1ccc(C2(c3ccccc3)c3ccccc3-c3ccc(N(c4ccc5c(c4)C4(CCCCC4)c4ccccc4-5)c4ccc5c(ccc6ccccc65)c4)cc32)cc1. The van der Waals surface area contributed by atoms with Crippen LogP contribution in [0.3, 0.4) is 0 Å². The second kappa shape index (κ2) is 12.9. The number of hydrogen-bond acceptors (Lipinski definition) is 1. The second-order valence-electron chi connectivity index (χ2n) is 16.7. The van der Waals surface area contributed by atoms with Crippen LogP contribution in [-0.2, 0) is 10.8 Å². The molecule has 9 aromatic carbocycles. The molecule has 0 aromatic heterocycles. The minimum atomic E-state index is -0.482. The predicted octanol–water partition coefficient (Wildman–Crippen LogP) is 15.1. The molecule has 0 radical (unpaired) electrons. The lowest BCUT2D eigenvalue weighted by atomic mass is 9.67. The van der Waals surface area contributed by atoms with Crippen LogP contribution in [0, 0.1) is 0 Å². The first-order valence-electron chi connectivity index (χ1n) is 21.1. The summed E-state index contributed by atoms with van der Waals surface area (Å²) in [6, 6.07) is 75.7. The van der Waals surface area contributed by atoms with Crippen LogP contribution in [0.25, 0.3) is 43.8 Å². The molecule has 1 heteroatoms. The molecule has 0 unspecified atom stereocenters. The average Bonchev–Trinajstić information content (AvgIpc) is 3.74. The molecule has 58 heavy (non-hydrogen) atoms. The van der Waals surface area contributed by atoms with E-state index >= 15 is 0 Å². The number of anilines is 3. The van der Waals surface area contributed by atoms with Crippen molar-refractivity contribution in [3.8, 4) is 22.3 Å². The zero-order valence-corrected chi connectivity index (χ0v) is 32.5. The van der Waals surface area contributed by atoms with Gasteiger partial charge in [-0.05, 0) is 126 Å². The van der Waals surface area contributed by atoms with Crippen LogP contribution in [0.5, 0.6) is 0 Å². The van der Waals surface area contributed by atoms with E-state index in [9.17, 15) is 0 Å². The minimum absolute atomic E-state index is 0.0590. The maximum absolute atomic E-state index is 2.56. The lowest BCUT2D eigenvalue weighted by Crippen LogP contribution is -2.29. The molecule has 0 aliphatic heterocycles. The van der Waals surface area contributed by atoms with Gasteiger partial charge in [0.05, 0.1) is 5.41 Å². The highest BCUT2D eigenvalue weighted by Crippen LogP contribution is 2.59. The molecule has 1 nitrogen and oxygen atoms in total. The van der Waals surface area contributed by atoms with Crippen LogP contribution in [0.15, 0.2) is 200 Å². The molecule has 276 valence electrons. The van der Waals surface area contributed by atoms with E-state index in [0.29, 0.717) is 0 Å². The molecule has 0 amide bonds. The largest absolute Gasteiger partial charge is 0.310 e. The highest BCUT2D eigenvalue weighted by atomic mass is 15.1. The third-order valence-corrected chi connectivity index (χ3v) is 13.9. The van der Waals surface area contributed by atoms with Gasteiger partial charge in [-0.3, -0.25) is 0 Å². The molecule has 1 spiro atoms. The van der Waals surface area contributed by atoms with E-state index in [1.165, 1.54) is 115 Å². The van der Waals surface area contributed by atoms with Gasteiger partial charge in [0, 0.05) is 22.5 Å². The first-order chi connectivity index (χ1) is 28.7. The summed E-state index contributed by atoms with van der Waals surface area (Å²) >= 11 is 0. The fraction of sp³-hybridized carbons (Fsp3) is 0.123. The van der Waals surface area contributed by atoms with Gasteiger partial charge in [0.15, 0.2) is 0 Å². The smallest absolute Gasteiger partial charge is 0.0714 e. The number of fused-ring (bicyclic) bond motifs is 11. The van der Waals surface area contributed by atoms with Gasteiger partial charge >= 0.3 is 0 Å². The van der Waals surface area contributed by atoms with E-state index < -0.39 is 5.41 Å². The summed E-state index contributed by atoms with van der Waals surface area (Å²) in [6.07, 6.45) is 6.27. The van der Waals surface area contributed by atoms with Gasteiger partial charge in [-0.2, -0.15) is 0 Å². The monoisotopic (exact) mass is 741 g/mol. The Morgan fingerprint density at radius 1 is 0.328 bits per heavy atom. The molecule has 3 aliphatic rings. The summed E-state index contributed by atoms with van der Waals surface area (Å²) in [5, 5.41) is 5.09. The first-order valence-corrected chi connectivity index (χ1v) is 21.1. The van der Waals surface area contributed by atoms with Crippen molar-refractivity contribution < 1.29 is 0 Å². The fourth-order valence-corrected chi connectivity index (χ4v) is 11.4. The summed E-state index contributed by atoms with van der Waals surface area (Å²) in [4.78, 5) is 2.54. The molecule has 3 aliphatic carbocycles. The molecule has 1 fully saturated rings. The van der Waals surface area contributed by atoms with Gasteiger partial charge in [0.2, 0.25) is 0 Å². The quantitative estimate of drug-likeness (QED) is 0.159. The van der Waals surface area contributed by atoms with Gasteiger partial charge in [-0.15, -0.1) is 0 Å². The molecular formula is C57H43N. The topological polar surface area (TPSA) is 3.24 Å². The summed E-state index contributed by atoms with van der Waals surface area (Å²) in [7, 11) is 0. The molecule has 0 N–H and O–H groups in total. The Kier molecular flexibility index (Phi) is 7.45. The molecule has 9 aromatic rings. The Hall–Kier alpha value is -6.70. The summed E-state index contributed by atoms with van der Waals surface area (Å²) in [5.41, 5.74) is 16.8. The maximum Gasteiger partial charge on any atom is 0.0714 e. The van der Waals surface area contributed by atoms with Crippen LogP contribution in [-0.4, -0.2) is 0 Å². The van der Waals surface area contributed by atoms with Crippen LogP contribution < -0.4 is 4.90 Å². The Labute approximate surface area is 340 Å². The Morgan fingerprint density at radius 2 is 0.828 bits per heavy atom. The molecule has 0 heterocycles. The van der Waals surface area contributed by atoms with Crippen molar-refractivity contribution in [2.45, 2.75) is 42.9 Å². The zero-order valence-electron chi connectivity index (χ0n) is 32.5. The van der Waals surface area contributed by atoms with Gasteiger partial charge in [0.1, 0.15) is 0 Å². The molecular weight excluding hydrogens is 699 g/mol. The van der Waals surface area contributed by atoms with Gasteiger partial charge in [-0.25, -0.2) is 0 Å². The fourth-order valence-electron chi connectivity index (χ4n) is 11.4. The number of hydrogen-bond donors (Lipinski definition) is 0. The summed E-state index contributed by atoms with van der Waals surface area (Å²) < 4.78 is 0. The Bertz CT molecular complexity index is 3000. The van der Waals surface area contributed by atoms with Crippen molar-refractivity contribution in [2.75, 3.05) is 4.90 Å². The Morgan fingerprint density at radius 3 is 1.55 bits per heavy atom. The third-order valence-electron chi connectivity index (χ3n) is 13.9. The van der Waals surface area contributed by atoms with Gasteiger partial charge in [-0.1, -0.05) is 183 Å². The highest BCUT2D eigenvalue weighted by Gasteiger charge is 2.47. The van der Waals surface area contributed by atoms with Gasteiger partial charge in [0.25, 0.3) is 0 Å². The normalized spacial score (nSPS) is 15.5. The summed E-state index contributed by atoms with van der Waals surface area (Å²) in [5.74, 6) is 0. The maximum atomic E-state index is 2.56. The van der Waals surface area contributed by atoms with Crippen molar-refractivity contribution in [3.05, 3.63) is 234 Å². The summed E-state index contributed by atoms with van der Waals surface area (Å²) in [6.45, 7) is 0. The van der Waals surface area contributed by atoms with E-state index in [-0.39, 0.29) is 5.41 Å². The third kappa shape index (κ3) is 4.71. The predicted molar refractivity (Wildman–Crippen MR) is 243 cm³/mol. The van der Waals surface area contributed by atoms with E-state index in [4.69, 9.17) is 0 Å². The first kappa shape index (κ1) is 33.4. The zero-order chi connectivity index (χ0) is 38.3. The lowest BCUT2D eigenvalue weighted by molar-refractivity contribution is 0.353. The number of benzene rings is 9. The van der Waals surface area contributed by atoms with Crippen LogP contribution in [0.1, 0.15) is 65.5 Å². The minimum Gasteiger partial charge on any atom is -0.310 e. The standard InChI is InChI=1S/C57H43N/c1-4-17-41(18-5-1)57(42-19-6-2-7-20-42)53-25-13-11-23-49(53)51-33-30-45(38-55(51)57)58(43-28-31-47-40(36-43)27-26-39-16-8-9-21-46(39)47)44-29-32-50-48-22-10-12-24-52(48)56(54(50)37-44)34-14-3-15-35-56/h1-2,4-13,16-33,36-38H,3,14-15,34-35H2. The second-order valence-corrected chi connectivity index (χ2v) is 16.7. The van der Waals surface area contributed by atoms with E-state index in [1.807, 2.05) is 0 Å². The van der Waals surface area contributed by atoms with E-state index in [2.05, 4.69) is 205 Å². The highest BCUT2D eigenvalue weighted by molar-refractivity contribution is 6.08. The average molecular weight is 742 g/mol. The lowest BCUT2D eigenvalue weighted by Gasteiger charge is -2.37. The van der Waals surface area contributed by atoms with Crippen LogP contribution in [0.4, 0.5) is 17.1 Å². The van der Waals surface area contributed by atoms with Crippen molar-refractivity contribution in [1.29, 1.82) is 0 Å². The van der Waals surface area contributed by atoms with Crippen molar-refractivity contribution in [3.63, 3.8) is 0 Å². The number of nitrogens with zero attached hydrogens (tertiary/aromatic N) is 1. The van der Waals surface area contributed by atoms with Crippen molar-refractivity contribution in [2.24, 2.45) is 0 Å². The molecule has 12 rings (SSSR count). The number of rotatable bonds is 5. The Balaban J connectivity index is 1.12. The molecule has 0 bridgehead atoms. The molecule has 0 atom stereocenters. The van der Waals surface area contributed by atoms with Gasteiger partial charge < -0.3 is 4.90 Å². The van der Waals surface area contributed by atoms with E-state index in [0.717, 1.165) is 11.4 Å². The van der Waals surface area contributed by atoms with Crippen LogP contribution in [0.2, 0.25) is 0 Å². The van der Waals surface area contributed by atoms with Crippen LogP contribution >= 0.6 is 0 Å². The van der Waals surface area contributed by atoms with E-state index in [1.54, 1.807) is 0 Å². The van der Waals surface area contributed by atoms with Crippen molar-refractivity contribution in [1.82, 2.24) is 0 Å².